The van der Waals surface area contributed by atoms with Gasteiger partial charge >= 0.3 is 0 Å². The van der Waals surface area contributed by atoms with E-state index in [9.17, 15) is 13.6 Å². The van der Waals surface area contributed by atoms with Crippen LogP contribution in [-0.2, 0) is 16.8 Å². The van der Waals surface area contributed by atoms with E-state index in [0.717, 1.165) is 83.6 Å². The highest BCUT2D eigenvalue weighted by molar-refractivity contribution is 6.00. The van der Waals surface area contributed by atoms with Crippen LogP contribution in [0.25, 0.3) is 22.0 Å². The number of benzene rings is 4. The molecule has 2 heterocycles. The molecule has 7 rings (SSSR count). The standard InChI is InChI=1S/C40H40F2N4O/c1-27-25-45(38-20-18-30-11-3-8-16-37(30)44-38)26-28(2)46(27)22-10-9-21-40(39(47)43-24-29-17-19-35(41)36(42)23-29)33-14-6-4-12-31(33)32-13-5-7-15-34(32)40/h3-8,11-20,23,27-28H,9-10,21-22,24-26H2,1-2H3,(H,43,47)/t27-,28+. The molecule has 0 bridgehead atoms. The Morgan fingerprint density at radius 2 is 1.47 bits per heavy atom. The third-order valence-corrected chi connectivity index (χ3v) is 10.1. The molecule has 1 saturated heterocycles. The largest absolute Gasteiger partial charge is 0.353 e. The summed E-state index contributed by atoms with van der Waals surface area (Å²) in [5.74, 6) is -0.902. The molecule has 2 aliphatic rings. The van der Waals surface area contributed by atoms with Crippen LogP contribution in [0.4, 0.5) is 14.6 Å². The van der Waals surface area contributed by atoms with E-state index in [2.05, 4.69) is 77.5 Å². The summed E-state index contributed by atoms with van der Waals surface area (Å²) >= 11 is 0. The lowest BCUT2D eigenvalue weighted by Gasteiger charge is -2.45. The molecule has 1 N–H and O–H groups in total. The van der Waals surface area contributed by atoms with Crippen LogP contribution in [-0.4, -0.2) is 47.5 Å². The number of rotatable bonds is 9. The predicted octanol–water partition coefficient (Wildman–Crippen LogP) is 7.87. The van der Waals surface area contributed by atoms with Gasteiger partial charge in [-0.25, -0.2) is 13.8 Å². The Hall–Kier alpha value is -4.62. The molecule has 1 amide bonds. The zero-order valence-electron chi connectivity index (χ0n) is 26.9. The lowest BCUT2D eigenvalue weighted by molar-refractivity contribution is -0.125. The van der Waals surface area contributed by atoms with Crippen molar-refractivity contribution in [3.8, 4) is 11.1 Å². The summed E-state index contributed by atoms with van der Waals surface area (Å²) in [7, 11) is 0. The van der Waals surface area contributed by atoms with Crippen molar-refractivity contribution in [3.05, 3.63) is 131 Å². The zero-order valence-corrected chi connectivity index (χ0v) is 26.9. The van der Waals surface area contributed by atoms with Crippen molar-refractivity contribution < 1.29 is 13.6 Å². The van der Waals surface area contributed by atoms with E-state index < -0.39 is 17.0 Å². The number of unbranched alkanes of at least 4 members (excludes halogenated alkanes) is 1. The molecule has 7 heteroatoms. The number of para-hydroxylation sites is 1. The predicted molar refractivity (Wildman–Crippen MR) is 184 cm³/mol. The number of nitrogens with zero attached hydrogens (tertiary/aromatic N) is 3. The molecular weight excluding hydrogens is 590 g/mol. The summed E-state index contributed by atoms with van der Waals surface area (Å²) in [5.41, 5.74) is 4.82. The van der Waals surface area contributed by atoms with Gasteiger partial charge in [-0.05, 0) is 91.4 Å². The fraction of sp³-hybridized carbons (Fsp3) is 0.300. The number of hydrogen-bond acceptors (Lipinski definition) is 4. The maximum Gasteiger partial charge on any atom is 0.235 e. The van der Waals surface area contributed by atoms with Crippen molar-refractivity contribution in [2.75, 3.05) is 24.5 Å². The topological polar surface area (TPSA) is 48.5 Å². The van der Waals surface area contributed by atoms with Crippen molar-refractivity contribution in [1.82, 2.24) is 15.2 Å². The Labute approximate surface area is 275 Å². The Morgan fingerprint density at radius 1 is 0.809 bits per heavy atom. The van der Waals surface area contributed by atoms with Gasteiger partial charge in [-0.1, -0.05) is 79.2 Å². The van der Waals surface area contributed by atoms with Crippen molar-refractivity contribution in [3.63, 3.8) is 0 Å². The maximum absolute atomic E-state index is 14.4. The molecule has 0 spiro atoms. The van der Waals surface area contributed by atoms with Crippen LogP contribution in [0, 0.1) is 11.6 Å². The van der Waals surface area contributed by atoms with Gasteiger partial charge in [-0.15, -0.1) is 0 Å². The summed E-state index contributed by atoms with van der Waals surface area (Å²) < 4.78 is 27.5. The van der Waals surface area contributed by atoms with E-state index in [4.69, 9.17) is 4.98 Å². The van der Waals surface area contributed by atoms with Gasteiger partial charge in [0.05, 0.1) is 5.52 Å². The van der Waals surface area contributed by atoms with E-state index in [-0.39, 0.29) is 12.5 Å². The molecule has 1 aliphatic carbocycles. The van der Waals surface area contributed by atoms with Crippen LogP contribution in [0.1, 0.15) is 49.8 Å². The Kier molecular flexibility index (Phi) is 8.50. The first kappa shape index (κ1) is 31.0. The van der Waals surface area contributed by atoms with Crippen molar-refractivity contribution in [1.29, 1.82) is 0 Å². The van der Waals surface area contributed by atoms with Crippen LogP contribution >= 0.6 is 0 Å². The van der Waals surface area contributed by atoms with Crippen LogP contribution in [0.2, 0.25) is 0 Å². The molecule has 0 unspecified atom stereocenters. The number of hydrogen-bond donors (Lipinski definition) is 1. The molecule has 1 aromatic heterocycles. The molecule has 2 atom stereocenters. The highest BCUT2D eigenvalue weighted by Crippen LogP contribution is 2.51. The first-order chi connectivity index (χ1) is 22.8. The fourth-order valence-electron chi connectivity index (χ4n) is 7.84. The second kappa shape index (κ2) is 12.9. The Morgan fingerprint density at radius 3 is 2.17 bits per heavy atom. The quantitative estimate of drug-likeness (QED) is 0.169. The van der Waals surface area contributed by atoms with Crippen LogP contribution in [0.5, 0.6) is 0 Å². The van der Waals surface area contributed by atoms with Gasteiger partial charge in [0, 0.05) is 37.1 Å². The van der Waals surface area contributed by atoms with Gasteiger partial charge in [0.1, 0.15) is 11.2 Å². The molecule has 1 aliphatic heterocycles. The monoisotopic (exact) mass is 630 g/mol. The number of fused-ring (bicyclic) bond motifs is 4. The summed E-state index contributed by atoms with van der Waals surface area (Å²) in [5, 5.41) is 4.25. The van der Waals surface area contributed by atoms with E-state index in [1.165, 1.54) is 6.07 Å². The van der Waals surface area contributed by atoms with Crippen molar-refractivity contribution in [2.24, 2.45) is 0 Å². The minimum atomic E-state index is -0.916. The molecule has 5 aromatic rings. The smallest absolute Gasteiger partial charge is 0.235 e. The lowest BCUT2D eigenvalue weighted by atomic mass is 9.73. The highest BCUT2D eigenvalue weighted by Gasteiger charge is 2.48. The van der Waals surface area contributed by atoms with Crippen LogP contribution < -0.4 is 10.2 Å². The Balaban J connectivity index is 1.06. The van der Waals surface area contributed by atoms with Crippen LogP contribution in [0.3, 0.4) is 0 Å². The molecule has 240 valence electrons. The maximum atomic E-state index is 14.4. The molecular formula is C40H40F2N4O. The normalized spacial score (nSPS) is 18.6. The SMILES string of the molecule is C[C@@H]1CN(c2ccc3ccccc3n2)C[C@H](C)N1CCCCC1(C(=O)NCc2ccc(F)c(F)c2)c2ccccc2-c2ccccc21. The number of carbonyl (C=O) groups excluding carboxylic acids is 1. The van der Waals surface area contributed by atoms with Gasteiger partial charge in [0.15, 0.2) is 11.6 Å². The summed E-state index contributed by atoms with van der Waals surface area (Å²) in [6.45, 7) is 7.46. The van der Waals surface area contributed by atoms with Gasteiger partial charge in [0.2, 0.25) is 5.91 Å². The van der Waals surface area contributed by atoms with E-state index in [1.807, 2.05) is 36.4 Å². The third kappa shape index (κ3) is 5.78. The first-order valence-corrected chi connectivity index (χ1v) is 16.6. The molecule has 1 fully saturated rings. The summed E-state index contributed by atoms with van der Waals surface area (Å²) in [6, 6.07) is 33.3. The van der Waals surface area contributed by atoms with Gasteiger partial charge < -0.3 is 10.2 Å². The number of nitrogens with one attached hydrogen (secondary N) is 1. The second-order valence-electron chi connectivity index (χ2n) is 13.1. The van der Waals surface area contributed by atoms with Gasteiger partial charge in [-0.3, -0.25) is 9.69 Å². The molecule has 5 nitrogen and oxygen atoms in total. The molecule has 4 aromatic carbocycles. The first-order valence-electron chi connectivity index (χ1n) is 16.6. The second-order valence-corrected chi connectivity index (χ2v) is 13.1. The van der Waals surface area contributed by atoms with E-state index >= 15 is 0 Å². The van der Waals surface area contributed by atoms with E-state index in [1.54, 1.807) is 0 Å². The van der Waals surface area contributed by atoms with Crippen molar-refractivity contribution in [2.45, 2.75) is 57.2 Å². The number of amides is 1. The number of carbonyl (C=O) groups is 1. The average molecular weight is 631 g/mol. The average Bonchev–Trinajstić information content (AvgIpc) is 3.38. The minimum Gasteiger partial charge on any atom is -0.353 e. The van der Waals surface area contributed by atoms with Crippen LogP contribution in [0.15, 0.2) is 103 Å². The van der Waals surface area contributed by atoms with Gasteiger partial charge in [-0.2, -0.15) is 0 Å². The number of piperazine rings is 1. The number of halogens is 2. The minimum absolute atomic E-state index is 0.113. The molecule has 47 heavy (non-hydrogen) atoms. The molecule has 0 radical (unpaired) electrons. The number of pyridine rings is 1. The number of aromatic nitrogens is 1. The van der Waals surface area contributed by atoms with Crippen molar-refractivity contribution >= 4 is 22.6 Å². The number of anilines is 1. The highest BCUT2D eigenvalue weighted by atomic mass is 19.2. The lowest BCUT2D eigenvalue weighted by Crippen LogP contribution is -2.57. The zero-order chi connectivity index (χ0) is 32.5. The van der Waals surface area contributed by atoms with E-state index in [0.29, 0.717) is 24.1 Å². The van der Waals surface area contributed by atoms with Gasteiger partial charge in [0.25, 0.3) is 0 Å². The summed E-state index contributed by atoms with van der Waals surface area (Å²) in [6.07, 6.45) is 2.45. The summed E-state index contributed by atoms with van der Waals surface area (Å²) in [4.78, 5) is 24.3. The molecule has 0 saturated carbocycles. The third-order valence-electron chi connectivity index (χ3n) is 10.1. The fourth-order valence-corrected chi connectivity index (χ4v) is 7.84. The Bertz CT molecular complexity index is 1870.